The Morgan fingerprint density at radius 1 is 1.25 bits per heavy atom. The van der Waals surface area contributed by atoms with Crippen molar-refractivity contribution in [2.45, 2.75) is 44.8 Å². The number of rotatable bonds is 5. The Kier molecular flexibility index (Phi) is 5.04. The Balaban J connectivity index is 1.44. The maximum atomic E-state index is 4.79. The van der Waals surface area contributed by atoms with Crippen LogP contribution < -0.4 is 5.32 Å². The minimum absolute atomic E-state index is 0.734. The molecular formula is C15H26N4S. The van der Waals surface area contributed by atoms with Gasteiger partial charge in [-0.3, -0.25) is 4.90 Å². The topological polar surface area (TPSA) is 31.4 Å². The van der Waals surface area contributed by atoms with Crippen LogP contribution >= 0.6 is 11.3 Å². The molecule has 0 bridgehead atoms. The van der Waals surface area contributed by atoms with Crippen molar-refractivity contribution in [3.05, 3.63) is 16.1 Å². The summed E-state index contributed by atoms with van der Waals surface area (Å²) >= 11 is 1.82. The van der Waals surface area contributed by atoms with E-state index >= 15 is 0 Å². The van der Waals surface area contributed by atoms with Gasteiger partial charge < -0.3 is 10.2 Å². The first-order valence-corrected chi connectivity index (χ1v) is 8.75. The molecule has 1 aliphatic carbocycles. The Hall–Kier alpha value is -0.490. The molecule has 0 atom stereocenters. The molecule has 0 aromatic carbocycles. The fourth-order valence-corrected chi connectivity index (χ4v) is 3.91. The third kappa shape index (κ3) is 4.01. The SMILES string of the molecule is CN1CCN(Cc2nc(CNC3CCCC3)cs2)CC1. The third-order valence-corrected chi connectivity index (χ3v) is 5.36. The molecule has 1 aromatic heterocycles. The van der Waals surface area contributed by atoms with Crippen LogP contribution in [0, 0.1) is 0 Å². The summed E-state index contributed by atoms with van der Waals surface area (Å²) in [6.07, 6.45) is 5.48. The van der Waals surface area contributed by atoms with Gasteiger partial charge in [-0.2, -0.15) is 0 Å². The largest absolute Gasteiger partial charge is 0.308 e. The van der Waals surface area contributed by atoms with Crippen LogP contribution in [0.4, 0.5) is 0 Å². The van der Waals surface area contributed by atoms with Gasteiger partial charge in [-0.15, -0.1) is 11.3 Å². The lowest BCUT2D eigenvalue weighted by Crippen LogP contribution is -2.43. The molecule has 4 nitrogen and oxygen atoms in total. The number of thiazole rings is 1. The van der Waals surface area contributed by atoms with E-state index in [0.29, 0.717) is 0 Å². The number of aromatic nitrogens is 1. The first-order chi connectivity index (χ1) is 9.79. The fraction of sp³-hybridized carbons (Fsp3) is 0.800. The molecular weight excluding hydrogens is 268 g/mol. The van der Waals surface area contributed by atoms with Crippen molar-refractivity contribution in [3.8, 4) is 0 Å². The maximum Gasteiger partial charge on any atom is 0.107 e. The lowest BCUT2D eigenvalue weighted by Gasteiger charge is -2.31. The first kappa shape index (κ1) is 14.4. The van der Waals surface area contributed by atoms with Crippen molar-refractivity contribution in [2.75, 3.05) is 33.2 Å². The molecule has 1 aliphatic heterocycles. The Morgan fingerprint density at radius 3 is 2.75 bits per heavy atom. The average Bonchev–Trinajstić information content (AvgIpc) is 3.10. The molecule has 1 saturated carbocycles. The molecule has 0 amide bonds. The van der Waals surface area contributed by atoms with E-state index in [1.165, 1.54) is 62.6 Å². The van der Waals surface area contributed by atoms with Gasteiger partial charge in [0.1, 0.15) is 5.01 Å². The first-order valence-electron chi connectivity index (χ1n) is 7.87. The van der Waals surface area contributed by atoms with Crippen LogP contribution in [0.2, 0.25) is 0 Å². The fourth-order valence-electron chi connectivity index (χ4n) is 3.08. The molecule has 1 aromatic rings. The predicted molar refractivity (Wildman–Crippen MR) is 84.0 cm³/mol. The monoisotopic (exact) mass is 294 g/mol. The smallest absolute Gasteiger partial charge is 0.107 e. The van der Waals surface area contributed by atoms with Crippen molar-refractivity contribution in [3.63, 3.8) is 0 Å². The molecule has 0 spiro atoms. The van der Waals surface area contributed by atoms with Gasteiger partial charge in [-0.1, -0.05) is 12.8 Å². The molecule has 1 N–H and O–H groups in total. The van der Waals surface area contributed by atoms with E-state index in [-0.39, 0.29) is 0 Å². The molecule has 2 fully saturated rings. The standard InChI is InChI=1S/C15H26N4S/c1-18-6-8-19(9-7-18)11-15-17-14(12-20-15)10-16-13-4-2-3-5-13/h12-13,16H,2-11H2,1H3. The Labute approximate surface area is 126 Å². The molecule has 112 valence electrons. The molecule has 2 heterocycles. The molecule has 0 radical (unpaired) electrons. The number of hydrogen-bond acceptors (Lipinski definition) is 5. The zero-order valence-corrected chi connectivity index (χ0v) is 13.3. The summed E-state index contributed by atoms with van der Waals surface area (Å²) in [5.41, 5.74) is 1.23. The van der Waals surface area contributed by atoms with E-state index < -0.39 is 0 Å². The van der Waals surface area contributed by atoms with Gasteiger partial charge in [-0.05, 0) is 19.9 Å². The number of likely N-dealkylation sites (N-methyl/N-ethyl adjacent to an activating group) is 1. The van der Waals surface area contributed by atoms with E-state index in [0.717, 1.165) is 19.1 Å². The van der Waals surface area contributed by atoms with Gasteiger partial charge in [0, 0.05) is 44.1 Å². The maximum absolute atomic E-state index is 4.79. The van der Waals surface area contributed by atoms with Crippen LogP contribution in [0.1, 0.15) is 36.4 Å². The predicted octanol–water partition coefficient (Wildman–Crippen LogP) is 1.92. The molecule has 1 saturated heterocycles. The second-order valence-corrected chi connectivity index (χ2v) is 7.12. The highest BCUT2D eigenvalue weighted by Crippen LogP contribution is 2.19. The Morgan fingerprint density at radius 2 is 2.00 bits per heavy atom. The highest BCUT2D eigenvalue weighted by Gasteiger charge is 2.16. The zero-order valence-electron chi connectivity index (χ0n) is 12.5. The average molecular weight is 294 g/mol. The lowest BCUT2D eigenvalue weighted by atomic mass is 10.2. The highest BCUT2D eigenvalue weighted by atomic mass is 32.1. The summed E-state index contributed by atoms with van der Waals surface area (Å²) in [5, 5.41) is 7.15. The van der Waals surface area contributed by atoms with Crippen molar-refractivity contribution in [1.82, 2.24) is 20.1 Å². The van der Waals surface area contributed by atoms with E-state index in [4.69, 9.17) is 4.98 Å². The highest BCUT2D eigenvalue weighted by molar-refractivity contribution is 7.09. The number of nitrogens with one attached hydrogen (secondary N) is 1. The van der Waals surface area contributed by atoms with Gasteiger partial charge in [0.05, 0.1) is 12.2 Å². The zero-order chi connectivity index (χ0) is 13.8. The second-order valence-electron chi connectivity index (χ2n) is 6.17. The van der Waals surface area contributed by atoms with Gasteiger partial charge in [0.2, 0.25) is 0 Å². The van der Waals surface area contributed by atoms with Gasteiger partial charge in [-0.25, -0.2) is 4.98 Å². The van der Waals surface area contributed by atoms with Crippen molar-refractivity contribution in [2.24, 2.45) is 0 Å². The van der Waals surface area contributed by atoms with E-state index in [2.05, 4.69) is 27.5 Å². The van der Waals surface area contributed by atoms with Crippen LogP contribution in [-0.4, -0.2) is 54.1 Å². The summed E-state index contributed by atoms with van der Waals surface area (Å²) in [7, 11) is 2.20. The van der Waals surface area contributed by atoms with Crippen LogP contribution in [0.3, 0.4) is 0 Å². The molecule has 0 unspecified atom stereocenters. The number of piperazine rings is 1. The van der Waals surface area contributed by atoms with E-state index in [9.17, 15) is 0 Å². The van der Waals surface area contributed by atoms with E-state index in [1.54, 1.807) is 0 Å². The summed E-state index contributed by atoms with van der Waals surface area (Å²) in [6, 6.07) is 0.734. The van der Waals surface area contributed by atoms with Crippen molar-refractivity contribution in [1.29, 1.82) is 0 Å². The van der Waals surface area contributed by atoms with Gasteiger partial charge in [0.25, 0.3) is 0 Å². The van der Waals surface area contributed by atoms with Gasteiger partial charge in [0.15, 0.2) is 0 Å². The minimum Gasteiger partial charge on any atom is -0.308 e. The van der Waals surface area contributed by atoms with E-state index in [1.807, 2.05) is 11.3 Å². The summed E-state index contributed by atoms with van der Waals surface area (Å²) in [5.74, 6) is 0. The van der Waals surface area contributed by atoms with Crippen LogP contribution in [0.25, 0.3) is 0 Å². The van der Waals surface area contributed by atoms with Crippen molar-refractivity contribution < 1.29 is 0 Å². The lowest BCUT2D eigenvalue weighted by molar-refractivity contribution is 0.148. The molecule has 2 aliphatic rings. The van der Waals surface area contributed by atoms with Gasteiger partial charge >= 0.3 is 0 Å². The quantitative estimate of drug-likeness (QED) is 0.899. The number of hydrogen-bond donors (Lipinski definition) is 1. The third-order valence-electron chi connectivity index (χ3n) is 4.48. The minimum atomic E-state index is 0.734. The summed E-state index contributed by atoms with van der Waals surface area (Å²) in [6.45, 7) is 6.69. The normalized spacial score (nSPS) is 22.6. The van der Waals surface area contributed by atoms with Crippen LogP contribution in [0.5, 0.6) is 0 Å². The second kappa shape index (κ2) is 6.98. The Bertz CT molecular complexity index is 406. The summed E-state index contributed by atoms with van der Waals surface area (Å²) < 4.78 is 0. The van der Waals surface area contributed by atoms with Crippen molar-refractivity contribution >= 4 is 11.3 Å². The molecule has 3 rings (SSSR count). The molecule has 5 heteroatoms. The summed E-state index contributed by atoms with van der Waals surface area (Å²) in [4.78, 5) is 9.70. The number of nitrogens with zero attached hydrogens (tertiary/aromatic N) is 3. The van der Waals surface area contributed by atoms with Crippen LogP contribution in [-0.2, 0) is 13.1 Å². The van der Waals surface area contributed by atoms with Crippen LogP contribution in [0.15, 0.2) is 5.38 Å². The molecule has 20 heavy (non-hydrogen) atoms.